The van der Waals surface area contributed by atoms with Crippen molar-refractivity contribution < 1.29 is 14.3 Å². The lowest BCUT2D eigenvalue weighted by Crippen LogP contribution is -2.23. The average molecular weight is 276 g/mol. The Kier molecular flexibility index (Phi) is 4.48. The molecular formula is C17H24O3. The highest BCUT2D eigenvalue weighted by molar-refractivity contribution is 5.82. The van der Waals surface area contributed by atoms with Crippen molar-refractivity contribution in [2.45, 2.75) is 39.5 Å². The van der Waals surface area contributed by atoms with Gasteiger partial charge in [-0.25, -0.2) is 0 Å². The maximum Gasteiger partial charge on any atom is 0.175 e. The van der Waals surface area contributed by atoms with E-state index in [1.54, 1.807) is 0 Å². The van der Waals surface area contributed by atoms with Gasteiger partial charge < -0.3 is 9.47 Å². The molecule has 1 saturated heterocycles. The Bertz CT molecular complexity index is 479. The number of rotatable bonds is 4. The van der Waals surface area contributed by atoms with Gasteiger partial charge in [0.2, 0.25) is 0 Å². The minimum Gasteiger partial charge on any atom is -0.486 e. The second-order valence-electron chi connectivity index (χ2n) is 6.57. The average Bonchev–Trinajstić information content (AvgIpc) is 2.89. The lowest BCUT2D eigenvalue weighted by Gasteiger charge is -2.23. The van der Waals surface area contributed by atoms with Crippen molar-refractivity contribution in [3.63, 3.8) is 0 Å². The smallest absolute Gasteiger partial charge is 0.175 e. The Hall–Kier alpha value is -1.35. The minimum atomic E-state index is 0.000864. The summed E-state index contributed by atoms with van der Waals surface area (Å²) in [5, 5.41) is 0. The Balaban J connectivity index is 2.07. The zero-order valence-electron chi connectivity index (χ0n) is 12.9. The molecule has 0 saturated carbocycles. The van der Waals surface area contributed by atoms with Gasteiger partial charge in [-0.05, 0) is 30.4 Å². The van der Waals surface area contributed by atoms with Crippen LogP contribution in [0.3, 0.4) is 0 Å². The maximum atomic E-state index is 12.0. The molecular weight excluding hydrogens is 252 g/mol. The van der Waals surface area contributed by atoms with E-state index in [2.05, 4.69) is 33.8 Å². The fraction of sp³-hybridized carbons (Fsp3) is 0.588. The van der Waals surface area contributed by atoms with Crippen LogP contribution >= 0.6 is 0 Å². The third-order valence-corrected chi connectivity index (χ3v) is 3.70. The topological polar surface area (TPSA) is 35.5 Å². The molecule has 1 aliphatic rings. The van der Waals surface area contributed by atoms with E-state index in [0.29, 0.717) is 13.2 Å². The molecule has 1 aromatic carbocycles. The number of hydrogen-bond acceptors (Lipinski definition) is 3. The highest BCUT2D eigenvalue weighted by Gasteiger charge is 2.25. The minimum absolute atomic E-state index is 0.000864. The molecule has 20 heavy (non-hydrogen) atoms. The SMILES string of the molecule is Cc1ccc(OCC(=O)C2CCOC2)c(C(C)(C)C)c1. The van der Waals surface area contributed by atoms with Crippen LogP contribution in [0.1, 0.15) is 38.3 Å². The van der Waals surface area contributed by atoms with Crippen LogP contribution in [-0.2, 0) is 14.9 Å². The van der Waals surface area contributed by atoms with Crippen LogP contribution in [0.5, 0.6) is 5.75 Å². The Morgan fingerprint density at radius 1 is 1.40 bits per heavy atom. The quantitative estimate of drug-likeness (QED) is 0.846. The molecule has 1 unspecified atom stereocenters. The molecule has 3 heteroatoms. The summed E-state index contributed by atoms with van der Waals surface area (Å²) >= 11 is 0. The van der Waals surface area contributed by atoms with Crippen molar-refractivity contribution in [1.29, 1.82) is 0 Å². The number of ether oxygens (including phenoxy) is 2. The van der Waals surface area contributed by atoms with Crippen LogP contribution < -0.4 is 4.74 Å². The second-order valence-corrected chi connectivity index (χ2v) is 6.57. The number of carbonyl (C=O) groups excluding carboxylic acids is 1. The van der Waals surface area contributed by atoms with Crippen LogP contribution in [0.15, 0.2) is 18.2 Å². The summed E-state index contributed by atoms with van der Waals surface area (Å²) in [7, 11) is 0. The summed E-state index contributed by atoms with van der Waals surface area (Å²) < 4.78 is 11.0. The van der Waals surface area contributed by atoms with Crippen molar-refractivity contribution in [2.24, 2.45) is 5.92 Å². The Morgan fingerprint density at radius 2 is 2.15 bits per heavy atom. The molecule has 0 bridgehead atoms. The first-order valence-corrected chi connectivity index (χ1v) is 7.22. The standard InChI is InChI=1S/C17H24O3/c1-12-5-6-16(14(9-12)17(2,3)4)20-11-15(18)13-7-8-19-10-13/h5-6,9,13H,7-8,10-11H2,1-4H3. The normalized spacial score (nSPS) is 19.1. The molecule has 1 aromatic rings. The molecule has 0 aliphatic carbocycles. The first kappa shape index (κ1) is 15.0. The van der Waals surface area contributed by atoms with Crippen LogP contribution in [0, 0.1) is 12.8 Å². The van der Waals surface area contributed by atoms with E-state index in [1.807, 2.05) is 12.1 Å². The van der Waals surface area contributed by atoms with Crippen LogP contribution in [0.25, 0.3) is 0 Å². The summed E-state index contributed by atoms with van der Waals surface area (Å²) in [4.78, 5) is 12.0. The van der Waals surface area contributed by atoms with Gasteiger partial charge in [-0.2, -0.15) is 0 Å². The predicted octanol–water partition coefficient (Wildman–Crippen LogP) is 3.28. The lowest BCUT2D eigenvalue weighted by atomic mass is 9.85. The van der Waals surface area contributed by atoms with Crippen molar-refractivity contribution >= 4 is 5.78 Å². The number of benzene rings is 1. The zero-order chi connectivity index (χ0) is 14.8. The number of aryl methyl sites for hydroxylation is 1. The predicted molar refractivity (Wildman–Crippen MR) is 79.3 cm³/mol. The van der Waals surface area contributed by atoms with Crippen molar-refractivity contribution in [3.05, 3.63) is 29.3 Å². The Labute approximate surface area is 121 Å². The van der Waals surface area contributed by atoms with Crippen molar-refractivity contribution in [3.8, 4) is 5.75 Å². The van der Waals surface area contributed by atoms with E-state index >= 15 is 0 Å². The van der Waals surface area contributed by atoms with E-state index in [-0.39, 0.29) is 23.7 Å². The van der Waals surface area contributed by atoms with Crippen molar-refractivity contribution in [2.75, 3.05) is 19.8 Å². The molecule has 1 heterocycles. The molecule has 0 radical (unpaired) electrons. The van der Waals surface area contributed by atoms with Gasteiger partial charge in [0.25, 0.3) is 0 Å². The van der Waals surface area contributed by atoms with Gasteiger partial charge in [-0.15, -0.1) is 0 Å². The summed E-state index contributed by atoms with van der Waals surface area (Å²) in [6, 6.07) is 6.13. The fourth-order valence-corrected chi connectivity index (χ4v) is 2.41. The van der Waals surface area contributed by atoms with Crippen LogP contribution in [0.2, 0.25) is 0 Å². The van der Waals surface area contributed by atoms with E-state index in [1.165, 1.54) is 5.56 Å². The zero-order valence-corrected chi connectivity index (χ0v) is 12.9. The van der Waals surface area contributed by atoms with E-state index < -0.39 is 0 Å². The third kappa shape index (κ3) is 3.60. The molecule has 0 aromatic heterocycles. The number of hydrogen-bond donors (Lipinski definition) is 0. The largest absolute Gasteiger partial charge is 0.486 e. The van der Waals surface area contributed by atoms with Gasteiger partial charge in [-0.1, -0.05) is 38.5 Å². The number of Topliss-reactive ketones (excluding diaryl/α,β-unsaturated/α-hetero) is 1. The fourth-order valence-electron chi connectivity index (χ4n) is 2.41. The van der Waals surface area contributed by atoms with Crippen LogP contribution in [-0.4, -0.2) is 25.6 Å². The van der Waals surface area contributed by atoms with Gasteiger partial charge >= 0.3 is 0 Å². The maximum absolute atomic E-state index is 12.0. The van der Waals surface area contributed by atoms with Gasteiger partial charge in [0, 0.05) is 12.5 Å². The molecule has 3 nitrogen and oxygen atoms in total. The van der Waals surface area contributed by atoms with Crippen molar-refractivity contribution in [1.82, 2.24) is 0 Å². The van der Waals surface area contributed by atoms with Gasteiger partial charge in [-0.3, -0.25) is 4.79 Å². The van der Waals surface area contributed by atoms with E-state index in [0.717, 1.165) is 17.7 Å². The van der Waals surface area contributed by atoms with E-state index in [9.17, 15) is 4.79 Å². The Morgan fingerprint density at radius 3 is 2.75 bits per heavy atom. The highest BCUT2D eigenvalue weighted by atomic mass is 16.5. The molecule has 0 N–H and O–H groups in total. The number of carbonyl (C=O) groups is 1. The highest BCUT2D eigenvalue weighted by Crippen LogP contribution is 2.32. The summed E-state index contributed by atoms with van der Waals surface area (Å²) in [6.07, 6.45) is 0.822. The van der Waals surface area contributed by atoms with Gasteiger partial charge in [0.15, 0.2) is 5.78 Å². The third-order valence-electron chi connectivity index (χ3n) is 3.70. The summed E-state index contributed by atoms with van der Waals surface area (Å²) in [5.41, 5.74) is 2.35. The molecule has 1 atom stereocenters. The summed E-state index contributed by atoms with van der Waals surface area (Å²) in [6.45, 7) is 9.90. The molecule has 110 valence electrons. The monoisotopic (exact) mass is 276 g/mol. The van der Waals surface area contributed by atoms with Gasteiger partial charge in [0.1, 0.15) is 12.4 Å². The molecule has 0 spiro atoms. The molecule has 2 rings (SSSR count). The molecule has 1 aliphatic heterocycles. The van der Waals surface area contributed by atoms with Crippen LogP contribution in [0.4, 0.5) is 0 Å². The molecule has 0 amide bonds. The first-order valence-electron chi connectivity index (χ1n) is 7.22. The second kappa shape index (κ2) is 5.96. The van der Waals surface area contributed by atoms with E-state index in [4.69, 9.17) is 9.47 Å². The summed E-state index contributed by atoms with van der Waals surface area (Å²) in [5.74, 6) is 0.969. The lowest BCUT2D eigenvalue weighted by molar-refractivity contribution is -0.124. The molecule has 1 fully saturated rings. The number of ketones is 1. The van der Waals surface area contributed by atoms with Gasteiger partial charge in [0.05, 0.1) is 6.61 Å². The first-order chi connectivity index (χ1) is 9.38.